The Kier molecular flexibility index (Phi) is 3.36. The maximum Gasteiger partial charge on any atom is 0.0499 e. The summed E-state index contributed by atoms with van der Waals surface area (Å²) in [6.07, 6.45) is 3.68. The van der Waals surface area contributed by atoms with Gasteiger partial charge in [-0.15, -0.1) is 0 Å². The van der Waals surface area contributed by atoms with E-state index in [1.54, 1.807) is 0 Å². The van der Waals surface area contributed by atoms with Crippen LogP contribution >= 0.6 is 0 Å². The SMILES string of the molecule is CC(C)(C)CNCC1(CO)CCC1. The molecule has 1 rings (SSSR count). The quantitative estimate of drug-likeness (QED) is 0.700. The van der Waals surface area contributed by atoms with Crippen molar-refractivity contribution in [2.24, 2.45) is 10.8 Å². The summed E-state index contributed by atoms with van der Waals surface area (Å²) in [4.78, 5) is 0. The van der Waals surface area contributed by atoms with Crippen molar-refractivity contribution in [2.75, 3.05) is 19.7 Å². The Hall–Kier alpha value is -0.0800. The number of aliphatic hydroxyl groups excluding tert-OH is 1. The van der Waals surface area contributed by atoms with E-state index in [1.807, 2.05) is 0 Å². The first-order valence-corrected chi connectivity index (χ1v) is 5.29. The van der Waals surface area contributed by atoms with E-state index in [1.165, 1.54) is 19.3 Å². The van der Waals surface area contributed by atoms with Gasteiger partial charge in [-0.2, -0.15) is 0 Å². The zero-order chi connectivity index (χ0) is 9.95. The molecule has 1 aliphatic carbocycles. The summed E-state index contributed by atoms with van der Waals surface area (Å²) in [5, 5.41) is 12.7. The maximum atomic E-state index is 9.23. The first-order valence-electron chi connectivity index (χ1n) is 5.29. The van der Waals surface area contributed by atoms with Crippen molar-refractivity contribution in [3.8, 4) is 0 Å². The van der Waals surface area contributed by atoms with Gasteiger partial charge in [0.1, 0.15) is 0 Å². The molecule has 78 valence electrons. The van der Waals surface area contributed by atoms with Gasteiger partial charge in [-0.05, 0) is 18.3 Å². The maximum absolute atomic E-state index is 9.23. The third-order valence-corrected chi connectivity index (χ3v) is 2.90. The minimum atomic E-state index is 0.227. The molecule has 0 aromatic rings. The summed E-state index contributed by atoms with van der Waals surface area (Å²) >= 11 is 0. The van der Waals surface area contributed by atoms with Gasteiger partial charge in [-0.25, -0.2) is 0 Å². The summed E-state index contributed by atoms with van der Waals surface area (Å²) in [5.41, 5.74) is 0.575. The Morgan fingerprint density at radius 3 is 2.23 bits per heavy atom. The third kappa shape index (κ3) is 3.28. The predicted molar refractivity (Wildman–Crippen MR) is 55.7 cm³/mol. The molecule has 0 unspecified atom stereocenters. The van der Waals surface area contributed by atoms with Crippen molar-refractivity contribution >= 4 is 0 Å². The van der Waals surface area contributed by atoms with E-state index in [-0.39, 0.29) is 5.41 Å². The van der Waals surface area contributed by atoms with Crippen molar-refractivity contribution in [2.45, 2.75) is 40.0 Å². The molecule has 0 spiro atoms. The van der Waals surface area contributed by atoms with Crippen LogP contribution < -0.4 is 5.32 Å². The number of nitrogens with one attached hydrogen (secondary N) is 1. The van der Waals surface area contributed by atoms with Gasteiger partial charge in [0.15, 0.2) is 0 Å². The Balaban J connectivity index is 2.18. The summed E-state index contributed by atoms with van der Waals surface area (Å²) in [5.74, 6) is 0. The van der Waals surface area contributed by atoms with Crippen molar-refractivity contribution in [1.82, 2.24) is 5.32 Å². The molecule has 1 fully saturated rings. The largest absolute Gasteiger partial charge is 0.396 e. The summed E-state index contributed by atoms with van der Waals surface area (Å²) in [6, 6.07) is 0. The molecule has 0 aromatic carbocycles. The van der Waals surface area contributed by atoms with Crippen LogP contribution in [0.3, 0.4) is 0 Å². The van der Waals surface area contributed by atoms with Crippen LogP contribution in [0.2, 0.25) is 0 Å². The minimum absolute atomic E-state index is 0.227. The minimum Gasteiger partial charge on any atom is -0.396 e. The van der Waals surface area contributed by atoms with E-state index >= 15 is 0 Å². The van der Waals surface area contributed by atoms with E-state index in [9.17, 15) is 5.11 Å². The summed E-state index contributed by atoms with van der Waals surface area (Å²) in [7, 11) is 0. The van der Waals surface area contributed by atoms with E-state index in [0.29, 0.717) is 12.0 Å². The predicted octanol–water partition coefficient (Wildman–Crippen LogP) is 1.78. The highest BCUT2D eigenvalue weighted by atomic mass is 16.3. The second kappa shape index (κ2) is 3.97. The van der Waals surface area contributed by atoms with Gasteiger partial charge in [0, 0.05) is 25.1 Å². The van der Waals surface area contributed by atoms with Crippen molar-refractivity contribution < 1.29 is 5.11 Å². The van der Waals surface area contributed by atoms with Gasteiger partial charge in [0.2, 0.25) is 0 Å². The summed E-state index contributed by atoms with van der Waals surface area (Å²) in [6.45, 7) is 9.06. The van der Waals surface area contributed by atoms with Crippen molar-refractivity contribution in [1.29, 1.82) is 0 Å². The highest BCUT2D eigenvalue weighted by Crippen LogP contribution is 2.39. The number of rotatable bonds is 4. The lowest BCUT2D eigenvalue weighted by molar-refractivity contribution is 0.0429. The fraction of sp³-hybridized carbons (Fsp3) is 1.00. The van der Waals surface area contributed by atoms with Crippen LogP contribution in [0.4, 0.5) is 0 Å². The molecule has 1 aliphatic rings. The highest BCUT2D eigenvalue weighted by molar-refractivity contribution is 4.89. The van der Waals surface area contributed by atoms with E-state index in [4.69, 9.17) is 0 Å². The smallest absolute Gasteiger partial charge is 0.0499 e. The van der Waals surface area contributed by atoms with Crippen LogP contribution in [0, 0.1) is 10.8 Å². The standard InChI is InChI=1S/C11H23NO/c1-10(2,3)7-12-8-11(9-13)5-4-6-11/h12-13H,4-9H2,1-3H3. The monoisotopic (exact) mass is 185 g/mol. The zero-order valence-electron chi connectivity index (χ0n) is 9.19. The zero-order valence-corrected chi connectivity index (χ0v) is 9.19. The van der Waals surface area contributed by atoms with Crippen LogP contribution in [0.5, 0.6) is 0 Å². The lowest BCUT2D eigenvalue weighted by Crippen LogP contribution is -2.44. The molecule has 1 saturated carbocycles. The molecule has 0 amide bonds. The van der Waals surface area contributed by atoms with Crippen molar-refractivity contribution in [3.63, 3.8) is 0 Å². The van der Waals surface area contributed by atoms with Crippen LogP contribution in [0.15, 0.2) is 0 Å². The van der Waals surface area contributed by atoms with Gasteiger partial charge in [0.05, 0.1) is 0 Å². The molecular weight excluding hydrogens is 162 g/mol. The first kappa shape index (κ1) is 11.0. The number of hydrogen-bond acceptors (Lipinski definition) is 2. The van der Waals surface area contributed by atoms with Gasteiger partial charge < -0.3 is 10.4 Å². The van der Waals surface area contributed by atoms with Gasteiger partial charge in [-0.3, -0.25) is 0 Å². The molecule has 0 aliphatic heterocycles. The molecule has 2 nitrogen and oxygen atoms in total. The van der Waals surface area contributed by atoms with Crippen LogP contribution in [0.25, 0.3) is 0 Å². The fourth-order valence-electron chi connectivity index (χ4n) is 1.77. The molecule has 2 N–H and O–H groups in total. The van der Waals surface area contributed by atoms with E-state index < -0.39 is 0 Å². The van der Waals surface area contributed by atoms with Crippen LogP contribution in [-0.4, -0.2) is 24.8 Å². The molecule has 0 atom stereocenters. The van der Waals surface area contributed by atoms with Crippen LogP contribution in [-0.2, 0) is 0 Å². The van der Waals surface area contributed by atoms with Crippen LogP contribution in [0.1, 0.15) is 40.0 Å². The molecule has 13 heavy (non-hydrogen) atoms. The molecule has 2 heteroatoms. The number of hydrogen-bond donors (Lipinski definition) is 2. The Morgan fingerprint density at radius 1 is 1.31 bits per heavy atom. The lowest BCUT2D eigenvalue weighted by Gasteiger charge is -2.41. The Labute approximate surface area is 81.7 Å². The second-order valence-electron chi connectivity index (χ2n) is 5.68. The highest BCUT2D eigenvalue weighted by Gasteiger charge is 2.35. The molecule has 0 heterocycles. The fourth-order valence-corrected chi connectivity index (χ4v) is 1.77. The molecule has 0 saturated heterocycles. The van der Waals surface area contributed by atoms with Gasteiger partial charge in [0.25, 0.3) is 0 Å². The molecule has 0 bridgehead atoms. The molecule has 0 radical (unpaired) electrons. The van der Waals surface area contributed by atoms with Gasteiger partial charge >= 0.3 is 0 Å². The first-order chi connectivity index (χ1) is 5.97. The topological polar surface area (TPSA) is 32.3 Å². The third-order valence-electron chi connectivity index (χ3n) is 2.90. The average molecular weight is 185 g/mol. The lowest BCUT2D eigenvalue weighted by atomic mass is 9.69. The van der Waals surface area contributed by atoms with E-state index in [0.717, 1.165) is 13.1 Å². The van der Waals surface area contributed by atoms with E-state index in [2.05, 4.69) is 26.1 Å². The normalized spacial score (nSPS) is 21.2. The Bertz CT molecular complexity index is 150. The second-order valence-corrected chi connectivity index (χ2v) is 5.68. The van der Waals surface area contributed by atoms with Gasteiger partial charge in [-0.1, -0.05) is 27.2 Å². The average Bonchev–Trinajstić information content (AvgIpc) is 1.92. The number of aliphatic hydroxyl groups is 1. The molecular formula is C11H23NO. The van der Waals surface area contributed by atoms with Crippen molar-refractivity contribution in [3.05, 3.63) is 0 Å². The summed E-state index contributed by atoms with van der Waals surface area (Å²) < 4.78 is 0. The molecule has 0 aromatic heterocycles. The Morgan fingerprint density at radius 2 is 1.92 bits per heavy atom.